The van der Waals surface area contributed by atoms with Gasteiger partial charge in [0.2, 0.25) is 0 Å². The predicted octanol–water partition coefficient (Wildman–Crippen LogP) is 3.69. The van der Waals surface area contributed by atoms with E-state index in [2.05, 4.69) is 15.9 Å². The Morgan fingerprint density at radius 2 is 2.00 bits per heavy atom. The minimum Gasteiger partial charge on any atom is -0.486 e. The zero-order valence-corrected chi connectivity index (χ0v) is 18.8. The van der Waals surface area contributed by atoms with Gasteiger partial charge in [0, 0.05) is 11.8 Å². The van der Waals surface area contributed by atoms with Crippen LogP contribution in [0.1, 0.15) is 17.7 Å². The Bertz CT molecular complexity index is 1030. The van der Waals surface area contributed by atoms with Gasteiger partial charge in [-0.15, -0.1) is 11.8 Å². The molecule has 0 saturated carbocycles. The zero-order chi connectivity index (χ0) is 20.4. The minimum atomic E-state index is -3.15. The lowest BCUT2D eigenvalue weighted by Gasteiger charge is -2.30. The number of rotatable bonds is 5. The van der Waals surface area contributed by atoms with Crippen molar-refractivity contribution in [2.45, 2.75) is 19.0 Å². The maximum atomic E-state index is 13.6. The molecular weight excluding hydrogens is 478 g/mol. The average Bonchev–Trinajstić information content (AvgIpc) is 3.30. The molecule has 154 valence electrons. The van der Waals surface area contributed by atoms with Crippen LogP contribution in [0.15, 0.2) is 57.3 Å². The molecule has 4 rings (SSSR count). The summed E-state index contributed by atoms with van der Waals surface area (Å²) in [5.74, 6) is 1.36. The van der Waals surface area contributed by atoms with E-state index in [9.17, 15) is 13.2 Å². The van der Waals surface area contributed by atoms with Crippen molar-refractivity contribution in [1.29, 1.82) is 0 Å². The molecule has 2 aliphatic rings. The van der Waals surface area contributed by atoms with Crippen LogP contribution in [0.2, 0.25) is 0 Å². The van der Waals surface area contributed by atoms with Gasteiger partial charge in [0.25, 0.3) is 5.91 Å². The molecule has 0 spiro atoms. The van der Waals surface area contributed by atoms with Crippen LogP contribution in [0.4, 0.5) is 0 Å². The topological polar surface area (TPSA) is 76.8 Å². The van der Waals surface area contributed by atoms with Gasteiger partial charge < -0.3 is 14.1 Å². The summed E-state index contributed by atoms with van der Waals surface area (Å²) in [6, 6.07) is 12.8. The lowest BCUT2D eigenvalue weighted by atomic mass is 10.1. The molecule has 29 heavy (non-hydrogen) atoms. The van der Waals surface area contributed by atoms with Gasteiger partial charge in [0.05, 0.1) is 29.6 Å². The Morgan fingerprint density at radius 3 is 2.66 bits per heavy atom. The SMILES string of the molecule is O=C(C1=C(c2ccccc2)SCCO1)N(Cc1ccc(Br)o1)[C@@H]1CCS(=O)(=O)C1. The number of halogens is 1. The standard InChI is InChI=1S/C20H20BrNO5S2/c21-17-7-6-16(27-17)12-22(15-8-11-29(24,25)13-15)20(23)18-19(28-10-9-26-18)14-4-2-1-3-5-14/h1-7,15H,8-13H2/t15-/m1/s1. The van der Waals surface area contributed by atoms with Crippen LogP contribution in [0, 0.1) is 0 Å². The predicted molar refractivity (Wildman–Crippen MR) is 116 cm³/mol. The summed E-state index contributed by atoms with van der Waals surface area (Å²) in [4.78, 5) is 15.9. The second-order valence-electron chi connectivity index (χ2n) is 6.92. The first-order valence-corrected chi connectivity index (χ1v) is 12.8. The fourth-order valence-corrected chi connectivity index (χ4v) is 6.53. The van der Waals surface area contributed by atoms with E-state index in [1.165, 1.54) is 0 Å². The second-order valence-corrected chi connectivity index (χ2v) is 11.0. The molecule has 0 unspecified atom stereocenters. The first-order valence-electron chi connectivity index (χ1n) is 9.24. The van der Waals surface area contributed by atoms with Crippen molar-refractivity contribution in [3.63, 3.8) is 0 Å². The number of thioether (sulfide) groups is 1. The maximum absolute atomic E-state index is 13.6. The number of nitrogens with zero attached hydrogens (tertiary/aromatic N) is 1. The summed E-state index contributed by atoms with van der Waals surface area (Å²) in [5.41, 5.74) is 0.917. The van der Waals surface area contributed by atoms with Crippen molar-refractivity contribution in [1.82, 2.24) is 4.90 Å². The molecule has 1 aromatic carbocycles. The highest BCUT2D eigenvalue weighted by atomic mass is 79.9. The van der Waals surface area contributed by atoms with E-state index in [4.69, 9.17) is 9.15 Å². The van der Waals surface area contributed by atoms with Gasteiger partial charge in [-0.05, 0) is 40.0 Å². The molecular formula is C20H20BrNO5S2. The monoisotopic (exact) mass is 497 g/mol. The zero-order valence-electron chi connectivity index (χ0n) is 15.5. The van der Waals surface area contributed by atoms with Gasteiger partial charge in [0.15, 0.2) is 20.3 Å². The van der Waals surface area contributed by atoms with Crippen molar-refractivity contribution < 1.29 is 22.4 Å². The number of furan rings is 1. The van der Waals surface area contributed by atoms with E-state index in [-0.39, 0.29) is 29.7 Å². The lowest BCUT2D eigenvalue weighted by molar-refractivity contribution is -0.133. The molecule has 0 bridgehead atoms. The van der Waals surface area contributed by atoms with Crippen molar-refractivity contribution in [3.8, 4) is 0 Å². The summed E-state index contributed by atoms with van der Waals surface area (Å²) in [6.45, 7) is 0.620. The van der Waals surface area contributed by atoms with E-state index in [0.717, 1.165) is 16.2 Å². The summed E-state index contributed by atoms with van der Waals surface area (Å²) < 4.78 is 36.1. The van der Waals surface area contributed by atoms with Gasteiger partial charge >= 0.3 is 0 Å². The fourth-order valence-electron chi connectivity index (χ4n) is 3.50. The molecule has 2 aromatic rings. The molecule has 1 atom stereocenters. The molecule has 0 radical (unpaired) electrons. The van der Waals surface area contributed by atoms with Crippen LogP contribution in [-0.2, 0) is 25.9 Å². The van der Waals surface area contributed by atoms with Crippen LogP contribution in [-0.4, -0.2) is 49.1 Å². The molecule has 0 aliphatic carbocycles. The van der Waals surface area contributed by atoms with Crippen LogP contribution in [0.3, 0.4) is 0 Å². The van der Waals surface area contributed by atoms with Crippen LogP contribution in [0.5, 0.6) is 0 Å². The average molecular weight is 498 g/mol. The number of ether oxygens (including phenoxy) is 1. The minimum absolute atomic E-state index is 0.0400. The van der Waals surface area contributed by atoms with E-state index in [0.29, 0.717) is 23.5 Å². The molecule has 9 heteroatoms. The van der Waals surface area contributed by atoms with E-state index >= 15 is 0 Å². The third-order valence-electron chi connectivity index (χ3n) is 4.88. The molecule has 6 nitrogen and oxygen atoms in total. The number of carbonyl (C=O) groups is 1. The number of sulfone groups is 1. The molecule has 1 amide bonds. The quantitative estimate of drug-likeness (QED) is 0.626. The first-order chi connectivity index (χ1) is 13.9. The third kappa shape index (κ3) is 4.73. The summed E-state index contributed by atoms with van der Waals surface area (Å²) in [5, 5.41) is 0. The Kier molecular flexibility index (Phi) is 6.08. The second kappa shape index (κ2) is 8.57. The fraction of sp³-hybridized carbons (Fsp3) is 0.350. The molecule has 1 fully saturated rings. The molecule has 2 aliphatic heterocycles. The maximum Gasteiger partial charge on any atom is 0.290 e. The summed E-state index contributed by atoms with van der Waals surface area (Å²) in [6.07, 6.45) is 0.414. The largest absolute Gasteiger partial charge is 0.486 e. The normalized spacial score (nSPS) is 21.1. The molecule has 1 aromatic heterocycles. The van der Waals surface area contributed by atoms with Gasteiger partial charge in [-0.3, -0.25) is 4.79 Å². The first kappa shape index (κ1) is 20.6. The van der Waals surface area contributed by atoms with Crippen LogP contribution >= 0.6 is 27.7 Å². The Hall–Kier alpha value is -1.71. The lowest BCUT2D eigenvalue weighted by Crippen LogP contribution is -2.42. The molecule has 3 heterocycles. The van der Waals surface area contributed by atoms with Gasteiger partial charge in [-0.2, -0.15) is 0 Å². The molecule has 1 saturated heterocycles. The van der Waals surface area contributed by atoms with Crippen LogP contribution < -0.4 is 0 Å². The van der Waals surface area contributed by atoms with Crippen molar-refractivity contribution >= 4 is 48.3 Å². The van der Waals surface area contributed by atoms with E-state index < -0.39 is 15.9 Å². The van der Waals surface area contributed by atoms with Crippen LogP contribution in [0.25, 0.3) is 4.91 Å². The number of benzene rings is 1. The summed E-state index contributed by atoms with van der Waals surface area (Å²) in [7, 11) is -3.15. The third-order valence-corrected chi connectivity index (χ3v) is 8.13. The summed E-state index contributed by atoms with van der Waals surface area (Å²) >= 11 is 4.85. The molecule has 0 N–H and O–H groups in total. The highest BCUT2D eigenvalue weighted by Gasteiger charge is 2.38. The smallest absolute Gasteiger partial charge is 0.290 e. The van der Waals surface area contributed by atoms with Crippen molar-refractivity contribution in [2.24, 2.45) is 0 Å². The van der Waals surface area contributed by atoms with Gasteiger partial charge in [0.1, 0.15) is 5.76 Å². The number of hydrogen-bond donors (Lipinski definition) is 0. The van der Waals surface area contributed by atoms with Crippen molar-refractivity contribution in [3.05, 3.63) is 64.2 Å². The Morgan fingerprint density at radius 1 is 1.21 bits per heavy atom. The Labute approximate surface area is 182 Å². The van der Waals surface area contributed by atoms with Gasteiger partial charge in [-0.25, -0.2) is 8.42 Å². The Balaban J connectivity index is 1.70. The highest BCUT2D eigenvalue weighted by molar-refractivity contribution is 9.10. The highest BCUT2D eigenvalue weighted by Crippen LogP contribution is 2.36. The number of carbonyl (C=O) groups excluding carboxylic acids is 1. The van der Waals surface area contributed by atoms with E-state index in [1.54, 1.807) is 28.8 Å². The number of amides is 1. The van der Waals surface area contributed by atoms with Crippen molar-refractivity contribution in [2.75, 3.05) is 23.9 Å². The van der Waals surface area contributed by atoms with E-state index in [1.807, 2.05) is 30.3 Å². The van der Waals surface area contributed by atoms with Gasteiger partial charge in [-0.1, -0.05) is 30.3 Å². The number of hydrogen-bond acceptors (Lipinski definition) is 6.